The Morgan fingerprint density at radius 1 is 0.280 bits per heavy atom. The molecule has 2 aromatic heterocycles. The second-order valence-corrected chi connectivity index (χ2v) is 12.7. The van der Waals surface area contributed by atoms with Crippen LogP contribution in [0.2, 0.25) is 0 Å². The molecule has 0 aliphatic heterocycles. The van der Waals surface area contributed by atoms with Gasteiger partial charge in [-0.15, -0.1) is 0 Å². The third-order valence-corrected chi connectivity index (χ3v) is 9.66. The van der Waals surface area contributed by atoms with Crippen LogP contribution >= 0.6 is 0 Å². The van der Waals surface area contributed by atoms with Crippen LogP contribution in [0.1, 0.15) is 0 Å². The maximum Gasteiger partial charge on any atom is 0.160 e. The number of aromatic nitrogens is 4. The molecular weight excluding hydrogens is 609 g/mol. The summed E-state index contributed by atoms with van der Waals surface area (Å²) in [6.45, 7) is 0. The van der Waals surface area contributed by atoms with Crippen molar-refractivity contribution in [2.75, 3.05) is 0 Å². The zero-order chi connectivity index (χ0) is 33.0. The fraction of sp³-hybridized carbons (Fsp3) is 0. The zero-order valence-corrected chi connectivity index (χ0v) is 27.0. The fourth-order valence-electron chi connectivity index (χ4n) is 7.19. The lowest BCUT2D eigenvalue weighted by Crippen LogP contribution is -1.98. The molecule has 0 spiro atoms. The van der Waals surface area contributed by atoms with E-state index in [4.69, 9.17) is 19.9 Å². The summed E-state index contributed by atoms with van der Waals surface area (Å²) in [5.41, 5.74) is 7.73. The molecule has 4 heteroatoms. The Morgan fingerprint density at radius 2 is 0.660 bits per heavy atom. The molecule has 0 aliphatic carbocycles. The molecule has 0 bridgehead atoms. The highest BCUT2D eigenvalue weighted by atomic mass is 14.9. The zero-order valence-electron chi connectivity index (χ0n) is 27.0. The van der Waals surface area contributed by atoms with Crippen molar-refractivity contribution in [1.29, 1.82) is 0 Å². The van der Waals surface area contributed by atoms with Gasteiger partial charge in [-0.25, -0.2) is 19.9 Å². The average Bonchev–Trinajstić information content (AvgIpc) is 3.19. The van der Waals surface area contributed by atoms with E-state index < -0.39 is 0 Å². The van der Waals surface area contributed by atoms with Crippen LogP contribution in [0.4, 0.5) is 0 Å². The van der Waals surface area contributed by atoms with Gasteiger partial charge in [0, 0.05) is 33.0 Å². The molecule has 2 heterocycles. The number of benzene rings is 8. The molecular formula is C46H28N4. The Balaban J connectivity index is 1.19. The largest absolute Gasteiger partial charge is 0.228 e. The quantitative estimate of drug-likeness (QED) is 0.193. The molecule has 8 aromatic carbocycles. The maximum atomic E-state index is 5.29. The minimum absolute atomic E-state index is 0.708. The Bertz CT molecular complexity index is 2750. The maximum absolute atomic E-state index is 5.29. The lowest BCUT2D eigenvalue weighted by molar-refractivity contribution is 1.23. The Hall–Kier alpha value is -6.78. The van der Waals surface area contributed by atoms with Crippen LogP contribution in [0.3, 0.4) is 0 Å². The molecule has 0 fully saturated rings. The van der Waals surface area contributed by atoms with Crippen LogP contribution in [0.15, 0.2) is 170 Å². The van der Waals surface area contributed by atoms with Gasteiger partial charge in [-0.3, -0.25) is 0 Å². The first-order valence-corrected chi connectivity index (χ1v) is 16.8. The molecule has 0 amide bonds. The number of hydrogen-bond acceptors (Lipinski definition) is 4. The van der Waals surface area contributed by atoms with Gasteiger partial charge in [0.2, 0.25) is 0 Å². The number of fused-ring (bicyclic) bond motifs is 5. The first-order valence-electron chi connectivity index (χ1n) is 16.8. The first-order chi connectivity index (χ1) is 24.8. The van der Waals surface area contributed by atoms with Crippen molar-refractivity contribution in [3.8, 4) is 45.3 Å². The number of para-hydroxylation sites is 2. The van der Waals surface area contributed by atoms with Crippen molar-refractivity contribution in [1.82, 2.24) is 19.9 Å². The predicted octanol–water partition coefficient (Wildman–Crippen LogP) is 11.7. The van der Waals surface area contributed by atoms with Crippen molar-refractivity contribution in [2.45, 2.75) is 0 Å². The first kappa shape index (κ1) is 28.3. The molecule has 50 heavy (non-hydrogen) atoms. The highest BCUT2D eigenvalue weighted by Crippen LogP contribution is 2.40. The van der Waals surface area contributed by atoms with Gasteiger partial charge >= 0.3 is 0 Å². The molecule has 10 rings (SSSR count). The minimum atomic E-state index is 0.708. The number of hydrogen-bond donors (Lipinski definition) is 0. The molecule has 4 nitrogen and oxygen atoms in total. The van der Waals surface area contributed by atoms with Crippen LogP contribution in [-0.4, -0.2) is 19.9 Å². The summed E-state index contributed by atoms with van der Waals surface area (Å²) in [6, 6.07) is 59.2. The summed E-state index contributed by atoms with van der Waals surface area (Å²) in [5.74, 6) is 1.42. The Kier molecular flexibility index (Phi) is 6.46. The van der Waals surface area contributed by atoms with E-state index in [1.54, 1.807) is 0 Å². The van der Waals surface area contributed by atoms with E-state index in [0.717, 1.165) is 66.2 Å². The van der Waals surface area contributed by atoms with E-state index in [0.29, 0.717) is 11.6 Å². The van der Waals surface area contributed by atoms with Gasteiger partial charge in [0.1, 0.15) is 0 Å². The van der Waals surface area contributed by atoms with Crippen molar-refractivity contribution >= 4 is 54.1 Å². The van der Waals surface area contributed by atoms with Crippen molar-refractivity contribution in [3.63, 3.8) is 0 Å². The number of nitrogens with zero attached hydrogens (tertiary/aromatic N) is 4. The molecule has 0 N–H and O–H groups in total. The molecule has 0 unspecified atom stereocenters. The predicted molar refractivity (Wildman–Crippen MR) is 207 cm³/mol. The smallest absolute Gasteiger partial charge is 0.160 e. The molecule has 0 saturated carbocycles. The van der Waals surface area contributed by atoms with Crippen molar-refractivity contribution < 1.29 is 0 Å². The second-order valence-electron chi connectivity index (χ2n) is 12.7. The summed E-state index contributed by atoms with van der Waals surface area (Å²) < 4.78 is 0. The van der Waals surface area contributed by atoms with Gasteiger partial charge in [0.15, 0.2) is 11.6 Å². The molecule has 0 atom stereocenters. The minimum Gasteiger partial charge on any atom is -0.228 e. The van der Waals surface area contributed by atoms with E-state index in [1.807, 2.05) is 12.1 Å². The van der Waals surface area contributed by atoms with Crippen LogP contribution in [-0.2, 0) is 0 Å². The summed E-state index contributed by atoms with van der Waals surface area (Å²) in [6.07, 6.45) is 0. The van der Waals surface area contributed by atoms with E-state index in [9.17, 15) is 0 Å². The van der Waals surface area contributed by atoms with E-state index in [1.165, 1.54) is 21.5 Å². The topological polar surface area (TPSA) is 51.6 Å². The van der Waals surface area contributed by atoms with Gasteiger partial charge in [0.05, 0.1) is 22.4 Å². The summed E-state index contributed by atoms with van der Waals surface area (Å²) in [4.78, 5) is 20.7. The molecule has 232 valence electrons. The third-order valence-electron chi connectivity index (χ3n) is 9.66. The second kappa shape index (κ2) is 11.4. The lowest BCUT2D eigenvalue weighted by atomic mass is 9.93. The third kappa shape index (κ3) is 4.69. The van der Waals surface area contributed by atoms with Gasteiger partial charge in [-0.05, 0) is 56.6 Å². The summed E-state index contributed by atoms with van der Waals surface area (Å²) in [7, 11) is 0. The highest BCUT2D eigenvalue weighted by Gasteiger charge is 2.19. The van der Waals surface area contributed by atoms with Gasteiger partial charge < -0.3 is 0 Å². The number of rotatable bonds is 4. The van der Waals surface area contributed by atoms with Crippen LogP contribution < -0.4 is 0 Å². The van der Waals surface area contributed by atoms with E-state index in [2.05, 4.69) is 158 Å². The molecule has 0 aliphatic rings. The van der Waals surface area contributed by atoms with Gasteiger partial charge in [-0.1, -0.05) is 146 Å². The molecule has 10 aromatic rings. The van der Waals surface area contributed by atoms with Gasteiger partial charge in [0.25, 0.3) is 0 Å². The molecule has 0 saturated heterocycles. The summed E-state index contributed by atoms with van der Waals surface area (Å²) >= 11 is 0. The van der Waals surface area contributed by atoms with Crippen LogP contribution in [0.5, 0.6) is 0 Å². The lowest BCUT2D eigenvalue weighted by Gasteiger charge is -2.15. The monoisotopic (exact) mass is 636 g/mol. The Morgan fingerprint density at radius 3 is 1.12 bits per heavy atom. The SMILES string of the molecule is c1ccc2cc(-c3nc(-c4ccc(-c5nc(-c6ccc7ccccc7c6)nc6ccccc56)c5ccccc45)c4ccccc4n3)ccc2c1. The summed E-state index contributed by atoms with van der Waals surface area (Å²) in [5, 5.41) is 8.96. The van der Waals surface area contributed by atoms with Crippen molar-refractivity contribution in [2.24, 2.45) is 0 Å². The van der Waals surface area contributed by atoms with Crippen LogP contribution in [0, 0.1) is 0 Å². The van der Waals surface area contributed by atoms with E-state index >= 15 is 0 Å². The normalized spacial score (nSPS) is 11.6. The highest BCUT2D eigenvalue weighted by molar-refractivity contribution is 6.11. The van der Waals surface area contributed by atoms with Crippen LogP contribution in [0.25, 0.3) is 99.4 Å². The average molecular weight is 637 g/mol. The fourth-order valence-corrected chi connectivity index (χ4v) is 7.19. The van der Waals surface area contributed by atoms with E-state index in [-0.39, 0.29) is 0 Å². The Labute approximate surface area is 288 Å². The standard InChI is InChI=1S/C46H28N4/c1-3-13-31-27-33(23-21-29(31)11-1)45-47-41-19-9-7-17-39(41)43(49-45)37-25-26-38(36-16-6-5-15-35(36)37)44-40-18-8-10-20-42(40)48-46(50-44)34-24-22-30-12-2-4-14-32(30)28-34/h1-28H. The van der Waals surface area contributed by atoms with Crippen molar-refractivity contribution in [3.05, 3.63) is 170 Å². The van der Waals surface area contributed by atoms with Gasteiger partial charge in [-0.2, -0.15) is 0 Å². The molecule has 0 radical (unpaired) electrons.